The van der Waals surface area contributed by atoms with Crippen LogP contribution in [-0.2, 0) is 4.79 Å². The number of hydrogen-bond acceptors (Lipinski definition) is 1. The Bertz CT molecular complexity index is 404. The first-order valence-electron chi connectivity index (χ1n) is 7.97. The zero-order chi connectivity index (χ0) is 15.0. The van der Waals surface area contributed by atoms with Crippen LogP contribution in [0.15, 0.2) is 35.6 Å². The van der Waals surface area contributed by atoms with Crippen LogP contribution < -0.4 is 0 Å². The van der Waals surface area contributed by atoms with Crippen molar-refractivity contribution in [1.29, 1.82) is 0 Å². The van der Waals surface area contributed by atoms with Gasteiger partial charge in [0.2, 0.25) is 5.91 Å². The van der Waals surface area contributed by atoms with E-state index in [1.165, 1.54) is 24.8 Å². The maximum atomic E-state index is 12.3. The van der Waals surface area contributed by atoms with Crippen molar-refractivity contribution in [2.75, 3.05) is 0 Å². The van der Waals surface area contributed by atoms with Gasteiger partial charge in [0.25, 0.3) is 0 Å². The van der Waals surface area contributed by atoms with Crippen molar-refractivity contribution in [2.24, 2.45) is 0 Å². The van der Waals surface area contributed by atoms with Gasteiger partial charge in [0.05, 0.1) is 0 Å². The Morgan fingerprint density at radius 1 is 1.35 bits per heavy atom. The molecule has 1 aliphatic rings. The van der Waals surface area contributed by atoms with Gasteiger partial charge in [0.15, 0.2) is 0 Å². The second-order valence-corrected chi connectivity index (χ2v) is 5.62. The fourth-order valence-corrected chi connectivity index (χ4v) is 2.57. The van der Waals surface area contributed by atoms with Crippen molar-refractivity contribution in [3.63, 3.8) is 0 Å². The summed E-state index contributed by atoms with van der Waals surface area (Å²) in [6.07, 6.45) is 14.8. The molecule has 0 aromatic rings. The molecule has 112 valence electrons. The molecule has 1 atom stereocenters. The minimum atomic E-state index is 0.222. The van der Waals surface area contributed by atoms with Gasteiger partial charge in [-0.05, 0) is 38.8 Å². The second-order valence-electron chi connectivity index (χ2n) is 5.62. The number of rotatable bonds is 7. The number of hydrogen-bond donors (Lipinski definition) is 0. The van der Waals surface area contributed by atoms with E-state index in [4.69, 9.17) is 0 Å². The van der Waals surface area contributed by atoms with E-state index in [9.17, 15) is 4.79 Å². The molecule has 1 amide bonds. The Morgan fingerprint density at radius 2 is 2.10 bits per heavy atom. The lowest BCUT2D eigenvalue weighted by Crippen LogP contribution is -2.37. The minimum absolute atomic E-state index is 0.222. The average molecular weight is 275 g/mol. The molecule has 0 N–H and O–H groups in total. The van der Waals surface area contributed by atoms with E-state index in [1.807, 2.05) is 11.8 Å². The number of amides is 1. The summed E-state index contributed by atoms with van der Waals surface area (Å²) in [7, 11) is 0. The number of unbranched alkanes of at least 4 members (excludes halogenated alkanes) is 2. The van der Waals surface area contributed by atoms with Gasteiger partial charge in [-0.15, -0.1) is 0 Å². The third kappa shape index (κ3) is 4.99. The maximum Gasteiger partial charge on any atom is 0.226 e. The first-order valence-corrected chi connectivity index (χ1v) is 7.97. The Balaban J connectivity index is 2.88. The fourth-order valence-electron chi connectivity index (χ4n) is 2.57. The summed E-state index contributed by atoms with van der Waals surface area (Å²) in [6, 6.07) is 0.274. The molecule has 0 spiro atoms. The highest BCUT2D eigenvalue weighted by Gasteiger charge is 2.21. The lowest BCUT2D eigenvalue weighted by Gasteiger charge is -2.30. The van der Waals surface area contributed by atoms with Gasteiger partial charge >= 0.3 is 0 Å². The van der Waals surface area contributed by atoms with Crippen LogP contribution in [0.1, 0.15) is 66.2 Å². The van der Waals surface area contributed by atoms with Crippen molar-refractivity contribution < 1.29 is 4.79 Å². The van der Waals surface area contributed by atoms with Crippen molar-refractivity contribution in [3.8, 4) is 0 Å². The molecule has 0 saturated heterocycles. The topological polar surface area (TPSA) is 20.3 Å². The first kappa shape index (κ1) is 16.7. The number of carbonyl (C=O) groups excluding carboxylic acids is 1. The first-order chi connectivity index (χ1) is 9.60. The zero-order valence-electron chi connectivity index (χ0n) is 13.5. The van der Waals surface area contributed by atoms with Crippen LogP contribution in [0, 0.1) is 0 Å². The second kappa shape index (κ2) is 8.78. The van der Waals surface area contributed by atoms with E-state index in [-0.39, 0.29) is 11.9 Å². The van der Waals surface area contributed by atoms with E-state index >= 15 is 0 Å². The average Bonchev–Trinajstić information content (AvgIpc) is 2.64. The van der Waals surface area contributed by atoms with Crippen LogP contribution in [0.5, 0.6) is 0 Å². The molecule has 1 aliphatic carbocycles. The highest BCUT2D eigenvalue weighted by molar-refractivity contribution is 5.78. The standard InChI is InChI=1S/C18H29NO/c1-5-7-8-12-16(4)19(18(20)6-2)17-13-10-9-11-15(3)14-17/h10-11,13-14,16H,5-9,12H2,1-4H3. The number of carbonyl (C=O) groups is 1. The SMILES string of the molecule is CCCCCC(C)N(C(=O)CC)C1=CC(C)=CCC=C1. The van der Waals surface area contributed by atoms with Gasteiger partial charge in [-0.2, -0.15) is 0 Å². The molecule has 20 heavy (non-hydrogen) atoms. The van der Waals surface area contributed by atoms with Crippen LogP contribution in [0.25, 0.3) is 0 Å². The van der Waals surface area contributed by atoms with Crippen LogP contribution in [-0.4, -0.2) is 16.8 Å². The van der Waals surface area contributed by atoms with Gasteiger partial charge in [-0.3, -0.25) is 4.79 Å². The monoisotopic (exact) mass is 275 g/mol. The van der Waals surface area contributed by atoms with Crippen molar-refractivity contribution in [2.45, 2.75) is 72.3 Å². The van der Waals surface area contributed by atoms with E-state index < -0.39 is 0 Å². The molecule has 1 unspecified atom stereocenters. The summed E-state index contributed by atoms with van der Waals surface area (Å²) in [5.41, 5.74) is 2.28. The highest BCUT2D eigenvalue weighted by Crippen LogP contribution is 2.21. The Hall–Kier alpha value is -1.31. The predicted molar refractivity (Wildman–Crippen MR) is 86.3 cm³/mol. The van der Waals surface area contributed by atoms with Crippen molar-refractivity contribution in [3.05, 3.63) is 35.6 Å². The molecule has 0 aromatic carbocycles. The lowest BCUT2D eigenvalue weighted by molar-refractivity contribution is -0.130. The Kier molecular flexibility index (Phi) is 7.35. The van der Waals surface area contributed by atoms with Crippen molar-refractivity contribution in [1.82, 2.24) is 4.90 Å². The fraction of sp³-hybridized carbons (Fsp3) is 0.611. The van der Waals surface area contributed by atoms with Crippen LogP contribution in [0.2, 0.25) is 0 Å². The van der Waals surface area contributed by atoms with Gasteiger partial charge in [-0.25, -0.2) is 0 Å². The van der Waals surface area contributed by atoms with E-state index in [0.717, 1.165) is 18.5 Å². The van der Waals surface area contributed by atoms with Crippen LogP contribution in [0.4, 0.5) is 0 Å². The largest absolute Gasteiger partial charge is 0.310 e. The Labute approximate surface area is 124 Å². The normalized spacial score (nSPS) is 16.2. The lowest BCUT2D eigenvalue weighted by atomic mass is 10.1. The Morgan fingerprint density at radius 3 is 2.75 bits per heavy atom. The molecule has 2 nitrogen and oxygen atoms in total. The molecule has 0 heterocycles. The third-order valence-electron chi connectivity index (χ3n) is 3.76. The van der Waals surface area contributed by atoms with Crippen LogP contribution >= 0.6 is 0 Å². The molecule has 0 fully saturated rings. The van der Waals surface area contributed by atoms with E-state index in [2.05, 4.69) is 45.1 Å². The molecule has 0 bridgehead atoms. The van der Waals surface area contributed by atoms with E-state index in [0.29, 0.717) is 6.42 Å². The van der Waals surface area contributed by atoms with Crippen LogP contribution in [0.3, 0.4) is 0 Å². The quantitative estimate of drug-likeness (QED) is 0.600. The molecule has 2 heteroatoms. The van der Waals surface area contributed by atoms with Gasteiger partial charge in [-0.1, -0.05) is 50.8 Å². The summed E-state index contributed by atoms with van der Waals surface area (Å²) in [5.74, 6) is 0.222. The molecule has 1 rings (SSSR count). The predicted octanol–water partition coefficient (Wildman–Crippen LogP) is 4.98. The summed E-state index contributed by atoms with van der Waals surface area (Å²) in [5, 5.41) is 0. The summed E-state index contributed by atoms with van der Waals surface area (Å²) in [4.78, 5) is 14.3. The molecule has 0 aliphatic heterocycles. The molecule has 0 aromatic heterocycles. The maximum absolute atomic E-state index is 12.3. The minimum Gasteiger partial charge on any atom is -0.310 e. The zero-order valence-corrected chi connectivity index (χ0v) is 13.5. The molecular weight excluding hydrogens is 246 g/mol. The number of nitrogens with zero attached hydrogens (tertiary/aromatic N) is 1. The van der Waals surface area contributed by atoms with Gasteiger partial charge in [0.1, 0.15) is 0 Å². The third-order valence-corrected chi connectivity index (χ3v) is 3.76. The van der Waals surface area contributed by atoms with E-state index in [1.54, 1.807) is 0 Å². The summed E-state index contributed by atoms with van der Waals surface area (Å²) < 4.78 is 0. The van der Waals surface area contributed by atoms with Gasteiger partial charge < -0.3 is 4.90 Å². The van der Waals surface area contributed by atoms with Gasteiger partial charge in [0, 0.05) is 18.2 Å². The van der Waals surface area contributed by atoms with Crippen molar-refractivity contribution >= 4 is 5.91 Å². The summed E-state index contributed by atoms with van der Waals surface area (Å²) >= 11 is 0. The number of allylic oxidation sites excluding steroid dienone is 5. The molecular formula is C18H29NO. The smallest absolute Gasteiger partial charge is 0.226 e. The molecule has 0 radical (unpaired) electrons. The molecule has 0 saturated carbocycles. The highest BCUT2D eigenvalue weighted by atomic mass is 16.2. The summed E-state index contributed by atoms with van der Waals surface area (Å²) in [6.45, 7) is 8.42.